The Morgan fingerprint density at radius 1 is 1.17 bits per heavy atom. The van der Waals surface area contributed by atoms with Gasteiger partial charge < -0.3 is 15.9 Å². The van der Waals surface area contributed by atoms with Crippen molar-refractivity contribution in [2.45, 2.75) is 38.1 Å². The van der Waals surface area contributed by atoms with Crippen molar-refractivity contribution < 1.29 is 41.4 Å². The van der Waals surface area contributed by atoms with E-state index in [-0.39, 0.29) is 5.56 Å². The van der Waals surface area contributed by atoms with Gasteiger partial charge in [-0.3, -0.25) is 0 Å². The number of alkyl halides is 5. The second-order valence-corrected chi connectivity index (χ2v) is 4.60. The smallest absolute Gasteiger partial charge is 0.475 e. The number of halogens is 6. The molecule has 10 heteroatoms. The minimum absolute atomic E-state index is 0.0119. The number of aliphatic hydroxyl groups excluding tert-OH is 1. The average Bonchev–Trinajstić information content (AvgIpc) is 2.37. The summed E-state index contributed by atoms with van der Waals surface area (Å²) < 4.78 is 72.3. The molecule has 0 aliphatic carbocycles. The predicted octanol–water partition coefficient (Wildman–Crippen LogP) is 2.95. The minimum Gasteiger partial charge on any atom is -0.475 e. The van der Waals surface area contributed by atoms with Crippen molar-refractivity contribution in [2.75, 3.05) is 0 Å². The molecular weight excluding hydrogens is 332 g/mol. The predicted molar refractivity (Wildman–Crippen MR) is 68.3 cm³/mol. The number of aliphatic carboxylic acids is 1. The van der Waals surface area contributed by atoms with Crippen LogP contribution < -0.4 is 5.73 Å². The van der Waals surface area contributed by atoms with Crippen LogP contribution in [-0.4, -0.2) is 28.5 Å². The van der Waals surface area contributed by atoms with Crippen molar-refractivity contribution in [3.8, 4) is 0 Å². The molecule has 2 atom stereocenters. The van der Waals surface area contributed by atoms with Gasteiger partial charge in [0.2, 0.25) is 0 Å². The Hall–Kier alpha value is -1.81. The van der Waals surface area contributed by atoms with Crippen LogP contribution >= 0.6 is 0 Å². The Balaban J connectivity index is 0.000000585. The van der Waals surface area contributed by atoms with Crippen LogP contribution in [0, 0.1) is 5.82 Å². The number of hydrogen-bond acceptors (Lipinski definition) is 3. The third kappa shape index (κ3) is 5.71. The number of hydrogen-bond donors (Lipinski definition) is 3. The third-order valence-corrected chi connectivity index (χ3v) is 2.65. The van der Waals surface area contributed by atoms with Gasteiger partial charge in [0, 0.05) is 11.6 Å². The second-order valence-electron chi connectivity index (χ2n) is 4.60. The molecule has 0 fully saturated rings. The lowest BCUT2D eigenvalue weighted by atomic mass is 9.98. The number of nitrogens with two attached hydrogens (primary N) is 1. The second kappa shape index (κ2) is 7.64. The highest BCUT2D eigenvalue weighted by molar-refractivity contribution is 5.73. The summed E-state index contributed by atoms with van der Waals surface area (Å²) in [5.74, 6) is -7.43. The highest BCUT2D eigenvalue weighted by Crippen LogP contribution is 2.35. The first kappa shape index (κ1) is 21.2. The standard InChI is InChI=1S/C11H14F3NO.C2HF3O2/c1-6(15)8-4-3-5-9(10(8)12)11(13,14)7(2)16;3-2(4,5)1(6)7/h3-7,16H,15H2,1-2H3;(H,6,7). The van der Waals surface area contributed by atoms with E-state index < -0.39 is 41.6 Å². The molecule has 0 saturated carbocycles. The molecule has 0 heterocycles. The van der Waals surface area contributed by atoms with E-state index in [1.165, 1.54) is 19.1 Å². The van der Waals surface area contributed by atoms with Crippen LogP contribution in [0.3, 0.4) is 0 Å². The Labute approximate surface area is 127 Å². The Morgan fingerprint density at radius 3 is 1.91 bits per heavy atom. The van der Waals surface area contributed by atoms with E-state index in [0.717, 1.165) is 13.0 Å². The van der Waals surface area contributed by atoms with Crippen molar-refractivity contribution in [1.29, 1.82) is 0 Å². The van der Waals surface area contributed by atoms with E-state index in [9.17, 15) is 26.3 Å². The zero-order chi connectivity index (χ0) is 18.6. The summed E-state index contributed by atoms with van der Waals surface area (Å²) in [5.41, 5.74) is 4.65. The highest BCUT2D eigenvalue weighted by Gasteiger charge is 2.40. The van der Waals surface area contributed by atoms with Gasteiger partial charge >= 0.3 is 18.1 Å². The summed E-state index contributed by atoms with van der Waals surface area (Å²) >= 11 is 0. The molecule has 1 aromatic rings. The number of benzene rings is 1. The molecule has 0 amide bonds. The molecule has 23 heavy (non-hydrogen) atoms. The molecule has 132 valence electrons. The maximum atomic E-state index is 13.7. The van der Waals surface area contributed by atoms with Crippen LogP contribution in [0.1, 0.15) is 31.0 Å². The maximum absolute atomic E-state index is 13.7. The van der Waals surface area contributed by atoms with Gasteiger partial charge in [0.25, 0.3) is 0 Å². The van der Waals surface area contributed by atoms with Gasteiger partial charge in [0.05, 0.1) is 5.56 Å². The Bertz CT molecular complexity index is 543. The van der Waals surface area contributed by atoms with Crippen LogP contribution in [0.25, 0.3) is 0 Å². The van der Waals surface area contributed by atoms with E-state index in [1.807, 2.05) is 0 Å². The van der Waals surface area contributed by atoms with E-state index >= 15 is 0 Å². The van der Waals surface area contributed by atoms with Crippen LogP contribution in [-0.2, 0) is 10.7 Å². The van der Waals surface area contributed by atoms with Crippen molar-refractivity contribution in [1.82, 2.24) is 0 Å². The van der Waals surface area contributed by atoms with Gasteiger partial charge in [0.1, 0.15) is 11.9 Å². The fourth-order valence-corrected chi connectivity index (χ4v) is 1.38. The maximum Gasteiger partial charge on any atom is 0.490 e. The van der Waals surface area contributed by atoms with E-state index in [1.54, 1.807) is 0 Å². The van der Waals surface area contributed by atoms with Gasteiger partial charge in [-0.1, -0.05) is 12.1 Å². The van der Waals surface area contributed by atoms with Crippen molar-refractivity contribution in [2.24, 2.45) is 5.73 Å². The highest BCUT2D eigenvalue weighted by atomic mass is 19.4. The fourth-order valence-electron chi connectivity index (χ4n) is 1.38. The summed E-state index contributed by atoms with van der Waals surface area (Å²) in [6.07, 6.45) is -7.04. The van der Waals surface area contributed by atoms with Gasteiger partial charge in [0.15, 0.2) is 0 Å². The monoisotopic (exact) mass is 347 g/mol. The quantitative estimate of drug-likeness (QED) is 0.734. The summed E-state index contributed by atoms with van der Waals surface area (Å²) in [7, 11) is 0. The molecule has 0 aliphatic heterocycles. The Kier molecular flexibility index (Phi) is 7.04. The number of rotatable bonds is 3. The third-order valence-electron chi connectivity index (χ3n) is 2.65. The molecule has 1 rings (SSSR count). The number of carboxylic acids is 1. The first-order chi connectivity index (χ1) is 10.2. The molecule has 1 aromatic carbocycles. The van der Waals surface area contributed by atoms with E-state index in [0.29, 0.717) is 0 Å². The zero-order valence-corrected chi connectivity index (χ0v) is 12.0. The van der Waals surface area contributed by atoms with Crippen molar-refractivity contribution in [3.05, 3.63) is 35.1 Å². The number of carbonyl (C=O) groups is 1. The van der Waals surface area contributed by atoms with Gasteiger partial charge in [-0.2, -0.15) is 22.0 Å². The summed E-state index contributed by atoms with van der Waals surface area (Å²) in [6.45, 7) is 2.42. The summed E-state index contributed by atoms with van der Waals surface area (Å²) in [6, 6.07) is 2.92. The fraction of sp³-hybridized carbons (Fsp3) is 0.462. The van der Waals surface area contributed by atoms with Crippen molar-refractivity contribution in [3.63, 3.8) is 0 Å². The molecule has 2 unspecified atom stereocenters. The van der Waals surface area contributed by atoms with Crippen molar-refractivity contribution >= 4 is 5.97 Å². The van der Waals surface area contributed by atoms with Crippen LogP contribution in [0.15, 0.2) is 18.2 Å². The lowest BCUT2D eigenvalue weighted by Gasteiger charge is -2.21. The minimum atomic E-state index is -5.08. The molecule has 0 bridgehead atoms. The topological polar surface area (TPSA) is 83.5 Å². The van der Waals surface area contributed by atoms with Crippen LogP contribution in [0.2, 0.25) is 0 Å². The average molecular weight is 347 g/mol. The van der Waals surface area contributed by atoms with Gasteiger partial charge in [-0.05, 0) is 19.9 Å². The van der Waals surface area contributed by atoms with Gasteiger partial charge in [-0.25, -0.2) is 9.18 Å². The normalized spacial score (nSPS) is 14.5. The first-order valence-electron chi connectivity index (χ1n) is 6.13. The molecule has 0 aromatic heterocycles. The Morgan fingerprint density at radius 2 is 1.61 bits per heavy atom. The van der Waals surface area contributed by atoms with Gasteiger partial charge in [-0.15, -0.1) is 0 Å². The molecule has 0 aliphatic rings. The lowest BCUT2D eigenvalue weighted by molar-refractivity contribution is -0.192. The van der Waals surface area contributed by atoms with Crippen LogP contribution in [0.5, 0.6) is 0 Å². The molecular formula is C13H15F6NO3. The summed E-state index contributed by atoms with van der Waals surface area (Å²) in [4.78, 5) is 8.90. The SMILES string of the molecule is CC(N)c1cccc(C(F)(F)C(C)O)c1F.O=C(O)C(F)(F)F. The molecule has 4 nitrogen and oxygen atoms in total. The lowest BCUT2D eigenvalue weighted by Crippen LogP contribution is -2.29. The summed E-state index contributed by atoms with van der Waals surface area (Å²) in [5, 5.41) is 16.1. The number of carboxylic acid groups (broad SMARTS) is 1. The first-order valence-corrected chi connectivity index (χ1v) is 6.13. The van der Waals surface area contributed by atoms with Crippen LogP contribution in [0.4, 0.5) is 26.3 Å². The van der Waals surface area contributed by atoms with E-state index in [2.05, 4.69) is 0 Å². The molecule has 0 saturated heterocycles. The molecule has 0 radical (unpaired) electrons. The zero-order valence-electron chi connectivity index (χ0n) is 12.0. The molecule has 0 spiro atoms. The molecule has 4 N–H and O–H groups in total. The largest absolute Gasteiger partial charge is 0.490 e. The number of aliphatic hydroxyl groups is 1. The van der Waals surface area contributed by atoms with E-state index in [4.69, 9.17) is 20.7 Å².